The standard InChI is InChI=1S/C13H28F3NO5S2Si/c1-22-25(2,3)12-10-8-6-4-5-7-9-11-23(18,19)17-24(20,21)13(14,15)16/h17H,4-12H2,1-3H3. The highest BCUT2D eigenvalue weighted by atomic mass is 32.3. The summed E-state index contributed by atoms with van der Waals surface area (Å²) in [4.78, 5) is 0. The summed E-state index contributed by atoms with van der Waals surface area (Å²) in [6.45, 7) is 4.31. The Morgan fingerprint density at radius 3 is 1.76 bits per heavy atom. The van der Waals surface area contributed by atoms with Crippen molar-refractivity contribution < 1.29 is 34.4 Å². The monoisotopic (exact) mass is 427 g/mol. The third-order valence-electron chi connectivity index (χ3n) is 3.79. The van der Waals surface area contributed by atoms with Gasteiger partial charge in [-0.2, -0.15) is 13.2 Å². The van der Waals surface area contributed by atoms with Crippen LogP contribution in [0.5, 0.6) is 0 Å². The van der Waals surface area contributed by atoms with Crippen LogP contribution in [0, 0.1) is 0 Å². The summed E-state index contributed by atoms with van der Waals surface area (Å²) in [6.07, 6.45) is 5.44. The molecule has 0 aromatic carbocycles. The van der Waals surface area contributed by atoms with E-state index in [-0.39, 0.29) is 6.42 Å². The van der Waals surface area contributed by atoms with E-state index in [4.69, 9.17) is 4.43 Å². The van der Waals surface area contributed by atoms with Crippen LogP contribution in [0.15, 0.2) is 0 Å². The van der Waals surface area contributed by atoms with Crippen molar-refractivity contribution in [3.63, 3.8) is 0 Å². The molecule has 6 nitrogen and oxygen atoms in total. The Morgan fingerprint density at radius 2 is 1.32 bits per heavy atom. The van der Waals surface area contributed by atoms with Crippen LogP contribution in [0.25, 0.3) is 0 Å². The molecule has 0 aromatic heterocycles. The van der Waals surface area contributed by atoms with Gasteiger partial charge >= 0.3 is 15.5 Å². The lowest BCUT2D eigenvalue weighted by Gasteiger charge is -2.19. The normalized spacial score (nSPS) is 14.0. The molecule has 0 unspecified atom stereocenters. The first-order chi connectivity index (χ1) is 11.2. The third kappa shape index (κ3) is 11.2. The van der Waals surface area contributed by atoms with E-state index in [9.17, 15) is 30.0 Å². The first kappa shape index (κ1) is 24.8. The van der Waals surface area contributed by atoms with Crippen LogP contribution in [0.3, 0.4) is 0 Å². The van der Waals surface area contributed by atoms with Gasteiger partial charge in [0.25, 0.3) is 0 Å². The van der Waals surface area contributed by atoms with E-state index in [1.165, 1.54) is 0 Å². The number of sulfonamides is 2. The zero-order valence-corrected chi connectivity index (χ0v) is 17.5. The van der Waals surface area contributed by atoms with Gasteiger partial charge in [0.15, 0.2) is 8.32 Å². The molecule has 25 heavy (non-hydrogen) atoms. The minimum atomic E-state index is -5.87. The summed E-state index contributed by atoms with van der Waals surface area (Å²) in [5.74, 6) is -0.643. The van der Waals surface area contributed by atoms with E-state index >= 15 is 0 Å². The van der Waals surface area contributed by atoms with E-state index in [1.54, 1.807) is 7.11 Å². The second-order valence-electron chi connectivity index (χ2n) is 6.54. The Bertz CT molecular complexity index is 591. The zero-order chi connectivity index (χ0) is 19.8. The zero-order valence-electron chi connectivity index (χ0n) is 14.9. The fourth-order valence-corrected chi connectivity index (χ4v) is 6.02. The number of nitrogens with one attached hydrogen (secondary N) is 1. The fraction of sp³-hybridized carbons (Fsp3) is 1.00. The average molecular weight is 428 g/mol. The Kier molecular flexibility index (Phi) is 10.2. The molecule has 0 aliphatic carbocycles. The van der Waals surface area contributed by atoms with Crippen molar-refractivity contribution in [2.24, 2.45) is 0 Å². The molecule has 0 aliphatic rings. The Labute approximate surface area is 149 Å². The average Bonchev–Trinajstić information content (AvgIpc) is 2.43. The maximum atomic E-state index is 12.1. The van der Waals surface area contributed by atoms with Crippen LogP contribution in [0.2, 0.25) is 19.1 Å². The molecule has 0 aliphatic heterocycles. The molecule has 0 saturated heterocycles. The molecule has 0 amide bonds. The third-order valence-corrected chi connectivity index (χ3v) is 9.78. The lowest BCUT2D eigenvalue weighted by atomic mass is 10.1. The van der Waals surface area contributed by atoms with Crippen molar-refractivity contribution in [1.29, 1.82) is 0 Å². The lowest BCUT2D eigenvalue weighted by molar-refractivity contribution is -0.0441. The second kappa shape index (κ2) is 10.2. The molecule has 0 heterocycles. The number of rotatable bonds is 13. The van der Waals surface area contributed by atoms with Crippen LogP contribution >= 0.6 is 0 Å². The predicted octanol–water partition coefficient (Wildman–Crippen LogP) is 3.34. The van der Waals surface area contributed by atoms with Crippen molar-refractivity contribution in [3.05, 3.63) is 0 Å². The SMILES string of the molecule is CO[Si](C)(C)CCCCCCCCCS(=O)(=O)NS(=O)(=O)C(F)(F)F. The second-order valence-corrected chi connectivity index (χ2v) is 14.7. The van der Waals surface area contributed by atoms with E-state index in [0.29, 0.717) is 6.42 Å². The van der Waals surface area contributed by atoms with E-state index in [0.717, 1.165) is 42.3 Å². The van der Waals surface area contributed by atoms with Gasteiger partial charge < -0.3 is 4.43 Å². The van der Waals surface area contributed by atoms with Gasteiger partial charge in [-0.25, -0.2) is 16.8 Å². The topological polar surface area (TPSA) is 89.5 Å². The molecule has 12 heteroatoms. The first-order valence-corrected chi connectivity index (χ1v) is 14.4. The molecular weight excluding hydrogens is 399 g/mol. The van der Waals surface area contributed by atoms with Crippen LogP contribution in [-0.2, 0) is 24.5 Å². The highest BCUT2D eigenvalue weighted by molar-refractivity contribution is 8.05. The highest BCUT2D eigenvalue weighted by Crippen LogP contribution is 2.22. The number of halogens is 3. The van der Waals surface area contributed by atoms with Gasteiger partial charge in [-0.3, -0.25) is 0 Å². The summed E-state index contributed by atoms with van der Waals surface area (Å²) < 4.78 is 86.9. The van der Waals surface area contributed by atoms with Crippen molar-refractivity contribution >= 4 is 28.4 Å². The lowest BCUT2D eigenvalue weighted by Crippen LogP contribution is -2.41. The van der Waals surface area contributed by atoms with Crippen molar-refractivity contribution in [2.75, 3.05) is 12.9 Å². The maximum absolute atomic E-state index is 12.1. The molecule has 152 valence electrons. The summed E-state index contributed by atoms with van der Waals surface area (Å²) in [6, 6.07) is 1.08. The van der Waals surface area contributed by atoms with E-state index in [1.807, 2.05) is 0 Å². The minimum Gasteiger partial charge on any atom is -0.420 e. The quantitative estimate of drug-likeness (QED) is 0.360. The fourth-order valence-electron chi connectivity index (χ4n) is 2.08. The van der Waals surface area contributed by atoms with E-state index < -0.39 is 39.6 Å². The van der Waals surface area contributed by atoms with Crippen molar-refractivity contribution in [2.45, 2.75) is 69.6 Å². The molecule has 0 bridgehead atoms. The van der Waals surface area contributed by atoms with Gasteiger partial charge in [-0.1, -0.05) is 38.5 Å². The molecule has 0 aromatic rings. The molecule has 0 atom stereocenters. The largest absolute Gasteiger partial charge is 0.512 e. The number of alkyl halides is 3. The number of hydrogen-bond acceptors (Lipinski definition) is 5. The molecule has 0 fully saturated rings. The van der Waals surface area contributed by atoms with Gasteiger partial charge in [0.05, 0.1) is 5.75 Å². The summed E-state index contributed by atoms with van der Waals surface area (Å²) in [5, 5.41) is 0. The molecule has 0 rings (SSSR count). The molecule has 0 radical (unpaired) electrons. The summed E-state index contributed by atoms with van der Waals surface area (Å²) in [7, 11) is -10.2. The van der Waals surface area contributed by atoms with Crippen LogP contribution in [0.4, 0.5) is 13.2 Å². The van der Waals surface area contributed by atoms with Crippen molar-refractivity contribution in [1.82, 2.24) is 4.13 Å². The molecule has 0 spiro atoms. The molecular formula is C13H28F3NO5S2Si. The number of hydrogen-bond donors (Lipinski definition) is 1. The van der Waals surface area contributed by atoms with Gasteiger partial charge in [0, 0.05) is 7.11 Å². The highest BCUT2D eigenvalue weighted by Gasteiger charge is 2.48. The van der Waals surface area contributed by atoms with Crippen molar-refractivity contribution in [3.8, 4) is 0 Å². The Morgan fingerprint density at radius 1 is 0.880 bits per heavy atom. The maximum Gasteiger partial charge on any atom is 0.512 e. The van der Waals surface area contributed by atoms with Gasteiger partial charge in [0.2, 0.25) is 10.0 Å². The smallest absolute Gasteiger partial charge is 0.420 e. The van der Waals surface area contributed by atoms with Crippen LogP contribution in [0.1, 0.15) is 44.9 Å². The Hall–Kier alpha value is -0.173. The summed E-state index contributed by atoms with van der Waals surface area (Å²) in [5.41, 5.74) is -5.64. The number of unbranched alkanes of at least 4 members (excludes halogenated alkanes) is 6. The molecule has 0 saturated carbocycles. The molecule has 1 N–H and O–H groups in total. The van der Waals surface area contributed by atoms with Crippen LogP contribution in [-0.4, -0.2) is 43.5 Å². The van der Waals surface area contributed by atoms with Gasteiger partial charge in [0.1, 0.15) is 0 Å². The first-order valence-electron chi connectivity index (χ1n) is 8.10. The summed E-state index contributed by atoms with van der Waals surface area (Å²) >= 11 is 0. The van der Waals surface area contributed by atoms with Crippen LogP contribution < -0.4 is 4.13 Å². The predicted molar refractivity (Wildman–Crippen MR) is 93.5 cm³/mol. The Balaban J connectivity index is 3.88. The minimum absolute atomic E-state index is 0.117. The van der Waals surface area contributed by atoms with Gasteiger partial charge in [-0.05, 0) is 25.6 Å². The van der Waals surface area contributed by atoms with Gasteiger partial charge in [-0.15, -0.1) is 4.13 Å². The van der Waals surface area contributed by atoms with E-state index in [2.05, 4.69) is 13.1 Å².